The minimum Gasteiger partial charge on any atom is -0.384 e. The van der Waals surface area contributed by atoms with Gasteiger partial charge in [-0.1, -0.05) is 12.1 Å². The van der Waals surface area contributed by atoms with Gasteiger partial charge in [-0.05, 0) is 25.0 Å². The molecule has 0 aliphatic heterocycles. The number of nitrogens with zero attached hydrogens (tertiary/aromatic N) is 2. The van der Waals surface area contributed by atoms with Crippen molar-refractivity contribution < 1.29 is 4.39 Å². The quantitative estimate of drug-likeness (QED) is 0.861. The van der Waals surface area contributed by atoms with E-state index in [0.29, 0.717) is 23.1 Å². The van der Waals surface area contributed by atoms with Crippen LogP contribution in [0, 0.1) is 5.82 Å². The summed E-state index contributed by atoms with van der Waals surface area (Å²) >= 11 is 0. The maximum atomic E-state index is 13.1. The first-order chi connectivity index (χ1) is 8.22. The second-order valence-corrected chi connectivity index (χ2v) is 4.33. The minimum absolute atomic E-state index is 0.290. The molecule has 1 aliphatic rings. The number of benzene rings is 1. The van der Waals surface area contributed by atoms with E-state index >= 15 is 0 Å². The van der Waals surface area contributed by atoms with Crippen molar-refractivity contribution in [2.24, 2.45) is 0 Å². The fraction of sp³-hybridized carbons (Fsp3) is 0.231. The Hall–Kier alpha value is -1.97. The van der Waals surface area contributed by atoms with Gasteiger partial charge in [-0.25, -0.2) is 14.4 Å². The highest BCUT2D eigenvalue weighted by molar-refractivity contribution is 5.57. The lowest BCUT2D eigenvalue weighted by atomic mass is 10.2. The molecule has 2 aromatic rings. The topological polar surface area (TPSA) is 51.8 Å². The summed E-state index contributed by atoms with van der Waals surface area (Å²) in [6, 6.07) is 8.06. The van der Waals surface area contributed by atoms with Gasteiger partial charge in [-0.15, -0.1) is 0 Å². The molecule has 1 fully saturated rings. The summed E-state index contributed by atoms with van der Waals surface area (Å²) in [6.07, 6.45) is 2.30. The van der Waals surface area contributed by atoms with Crippen molar-refractivity contribution in [2.75, 3.05) is 5.73 Å². The van der Waals surface area contributed by atoms with E-state index in [9.17, 15) is 4.39 Å². The van der Waals surface area contributed by atoms with E-state index in [4.69, 9.17) is 5.73 Å². The fourth-order valence-electron chi connectivity index (χ4n) is 1.83. The maximum absolute atomic E-state index is 13.1. The first-order valence-electron chi connectivity index (χ1n) is 5.63. The van der Waals surface area contributed by atoms with Crippen LogP contribution in [0.2, 0.25) is 0 Å². The monoisotopic (exact) mass is 229 g/mol. The number of nitrogens with two attached hydrogens (primary N) is 1. The molecular weight excluding hydrogens is 217 g/mol. The van der Waals surface area contributed by atoms with E-state index in [1.54, 1.807) is 18.2 Å². The molecule has 0 unspecified atom stereocenters. The smallest absolute Gasteiger partial charge is 0.161 e. The highest BCUT2D eigenvalue weighted by Crippen LogP contribution is 2.39. The number of rotatable bonds is 2. The highest BCUT2D eigenvalue weighted by Gasteiger charge is 2.26. The van der Waals surface area contributed by atoms with E-state index in [-0.39, 0.29) is 5.82 Å². The lowest BCUT2D eigenvalue weighted by molar-refractivity contribution is 0.628. The van der Waals surface area contributed by atoms with Crippen LogP contribution >= 0.6 is 0 Å². The van der Waals surface area contributed by atoms with Gasteiger partial charge in [0.2, 0.25) is 0 Å². The molecule has 0 atom stereocenters. The Kier molecular flexibility index (Phi) is 2.28. The van der Waals surface area contributed by atoms with Gasteiger partial charge in [0.1, 0.15) is 11.6 Å². The van der Waals surface area contributed by atoms with Crippen molar-refractivity contribution >= 4 is 5.82 Å². The summed E-state index contributed by atoms with van der Waals surface area (Å²) in [5.41, 5.74) is 7.39. The van der Waals surface area contributed by atoms with Crippen molar-refractivity contribution in [1.82, 2.24) is 9.97 Å². The zero-order valence-corrected chi connectivity index (χ0v) is 9.23. The molecule has 0 amide bonds. The average molecular weight is 229 g/mol. The Balaban J connectivity index is 2.07. The normalized spacial score (nSPS) is 14.9. The molecule has 1 saturated carbocycles. The second-order valence-electron chi connectivity index (χ2n) is 4.33. The summed E-state index contributed by atoms with van der Waals surface area (Å²) in [6.45, 7) is 0. The molecule has 1 aromatic carbocycles. The van der Waals surface area contributed by atoms with Crippen LogP contribution in [-0.4, -0.2) is 9.97 Å². The number of anilines is 1. The third-order valence-corrected chi connectivity index (χ3v) is 2.84. The first kappa shape index (κ1) is 10.2. The second kappa shape index (κ2) is 3.80. The van der Waals surface area contributed by atoms with Crippen LogP contribution in [-0.2, 0) is 0 Å². The molecule has 3 nitrogen and oxygen atoms in total. The average Bonchev–Trinajstić information content (AvgIpc) is 3.12. The van der Waals surface area contributed by atoms with Gasteiger partial charge >= 0.3 is 0 Å². The van der Waals surface area contributed by atoms with Crippen LogP contribution in [0.3, 0.4) is 0 Å². The Morgan fingerprint density at radius 1 is 1.18 bits per heavy atom. The summed E-state index contributed by atoms with van der Waals surface area (Å²) in [5.74, 6) is 1.17. The van der Waals surface area contributed by atoms with E-state index < -0.39 is 0 Å². The molecule has 2 N–H and O–H groups in total. The molecule has 86 valence electrons. The Bertz CT molecular complexity index is 564. The van der Waals surface area contributed by atoms with E-state index in [0.717, 1.165) is 18.5 Å². The van der Waals surface area contributed by atoms with Gasteiger partial charge < -0.3 is 5.73 Å². The predicted octanol–water partition coefficient (Wildman–Crippen LogP) is 2.74. The van der Waals surface area contributed by atoms with Gasteiger partial charge in [-0.3, -0.25) is 0 Å². The molecule has 1 aliphatic carbocycles. The maximum Gasteiger partial charge on any atom is 0.161 e. The van der Waals surface area contributed by atoms with E-state index in [1.807, 2.05) is 0 Å². The Morgan fingerprint density at radius 3 is 2.71 bits per heavy atom. The standard InChI is InChI=1S/C13H12FN3/c14-10-3-1-2-9(6-10)13-16-11(8-4-5-8)7-12(15)17-13/h1-3,6-8H,4-5H2,(H2,15,16,17). The zero-order chi connectivity index (χ0) is 11.8. The van der Waals surface area contributed by atoms with E-state index in [2.05, 4.69) is 9.97 Å². The van der Waals surface area contributed by atoms with Crippen LogP contribution in [0.1, 0.15) is 24.5 Å². The third kappa shape index (κ3) is 2.11. The molecule has 1 heterocycles. The molecular formula is C13H12FN3. The van der Waals surface area contributed by atoms with Gasteiger partial charge in [0.15, 0.2) is 5.82 Å². The largest absolute Gasteiger partial charge is 0.384 e. The van der Waals surface area contributed by atoms with Crippen LogP contribution in [0.25, 0.3) is 11.4 Å². The molecule has 0 spiro atoms. The number of hydrogen-bond donors (Lipinski definition) is 1. The Morgan fingerprint density at radius 2 is 2.00 bits per heavy atom. The third-order valence-electron chi connectivity index (χ3n) is 2.84. The molecule has 1 aromatic heterocycles. The molecule has 17 heavy (non-hydrogen) atoms. The molecule has 0 saturated heterocycles. The molecule has 3 rings (SSSR count). The van der Waals surface area contributed by atoms with Crippen LogP contribution < -0.4 is 5.73 Å². The van der Waals surface area contributed by atoms with Crippen molar-refractivity contribution in [3.05, 3.63) is 41.8 Å². The van der Waals surface area contributed by atoms with Crippen molar-refractivity contribution in [1.29, 1.82) is 0 Å². The number of nitrogen functional groups attached to an aromatic ring is 1. The van der Waals surface area contributed by atoms with Gasteiger partial charge in [0.25, 0.3) is 0 Å². The number of halogens is 1. The van der Waals surface area contributed by atoms with Crippen molar-refractivity contribution in [3.8, 4) is 11.4 Å². The summed E-state index contributed by atoms with van der Waals surface area (Å²) in [5, 5.41) is 0. The van der Waals surface area contributed by atoms with Crippen molar-refractivity contribution in [3.63, 3.8) is 0 Å². The lowest BCUT2D eigenvalue weighted by Gasteiger charge is -2.05. The molecule has 4 heteroatoms. The van der Waals surface area contributed by atoms with Crippen LogP contribution in [0.5, 0.6) is 0 Å². The lowest BCUT2D eigenvalue weighted by Crippen LogP contribution is -1.99. The van der Waals surface area contributed by atoms with Crippen LogP contribution in [0.4, 0.5) is 10.2 Å². The minimum atomic E-state index is -0.290. The molecule has 0 bridgehead atoms. The number of aromatic nitrogens is 2. The predicted molar refractivity (Wildman–Crippen MR) is 63.8 cm³/mol. The number of hydrogen-bond acceptors (Lipinski definition) is 3. The summed E-state index contributed by atoms with van der Waals surface area (Å²) < 4.78 is 13.1. The van der Waals surface area contributed by atoms with Crippen molar-refractivity contribution in [2.45, 2.75) is 18.8 Å². The Labute approximate surface area is 98.5 Å². The van der Waals surface area contributed by atoms with Gasteiger partial charge in [-0.2, -0.15) is 0 Å². The first-order valence-corrected chi connectivity index (χ1v) is 5.63. The van der Waals surface area contributed by atoms with Gasteiger partial charge in [0, 0.05) is 23.2 Å². The zero-order valence-electron chi connectivity index (χ0n) is 9.23. The highest BCUT2D eigenvalue weighted by atomic mass is 19.1. The van der Waals surface area contributed by atoms with Crippen LogP contribution in [0.15, 0.2) is 30.3 Å². The SMILES string of the molecule is Nc1cc(C2CC2)nc(-c2cccc(F)c2)n1. The summed E-state index contributed by atoms with van der Waals surface area (Å²) in [4.78, 5) is 8.60. The van der Waals surface area contributed by atoms with E-state index in [1.165, 1.54) is 12.1 Å². The van der Waals surface area contributed by atoms with Gasteiger partial charge in [0.05, 0.1) is 0 Å². The fourth-order valence-corrected chi connectivity index (χ4v) is 1.83. The molecule has 0 radical (unpaired) electrons. The summed E-state index contributed by atoms with van der Waals surface area (Å²) in [7, 11) is 0.